The van der Waals surface area contributed by atoms with E-state index in [9.17, 15) is 18.3 Å². The first-order chi connectivity index (χ1) is 17.1. The van der Waals surface area contributed by atoms with Crippen molar-refractivity contribution in [2.75, 3.05) is 46.4 Å². The van der Waals surface area contributed by atoms with E-state index in [1.54, 1.807) is 42.7 Å². The first-order valence-corrected chi connectivity index (χ1v) is 13.9. The van der Waals surface area contributed by atoms with Crippen LogP contribution in [0.1, 0.15) is 48.5 Å². The molecular formula is C26H36N4O5S. The Morgan fingerprint density at radius 3 is 2.56 bits per heavy atom. The molecule has 0 saturated carbocycles. The second kappa shape index (κ2) is 10.8. The van der Waals surface area contributed by atoms with Crippen LogP contribution in [0.25, 0.3) is 0 Å². The molecule has 1 aromatic heterocycles. The number of amides is 1. The number of carbonyl (C=O) groups excluding carboxylic acids is 1. The Morgan fingerprint density at radius 1 is 1.19 bits per heavy atom. The van der Waals surface area contributed by atoms with Crippen molar-refractivity contribution in [1.29, 1.82) is 0 Å². The lowest BCUT2D eigenvalue weighted by Gasteiger charge is -2.44. The monoisotopic (exact) mass is 516 g/mol. The van der Waals surface area contributed by atoms with Crippen molar-refractivity contribution in [3.8, 4) is 5.75 Å². The number of hydrogen-bond acceptors (Lipinski definition) is 7. The predicted octanol–water partition coefficient (Wildman–Crippen LogP) is 2.09. The number of aliphatic hydroxyl groups is 1. The van der Waals surface area contributed by atoms with E-state index < -0.39 is 16.1 Å². The predicted molar refractivity (Wildman–Crippen MR) is 137 cm³/mol. The van der Waals surface area contributed by atoms with E-state index >= 15 is 0 Å². The fourth-order valence-corrected chi connectivity index (χ4v) is 6.20. The molecule has 0 aliphatic carbocycles. The third-order valence-electron chi connectivity index (χ3n) is 7.13. The van der Waals surface area contributed by atoms with E-state index in [0.29, 0.717) is 56.9 Å². The molecule has 0 bridgehead atoms. The van der Waals surface area contributed by atoms with Gasteiger partial charge in [-0.15, -0.1) is 0 Å². The van der Waals surface area contributed by atoms with Gasteiger partial charge in [-0.1, -0.05) is 19.9 Å². The minimum absolute atomic E-state index is 0.0193. The molecule has 1 unspecified atom stereocenters. The number of nitrogens with zero attached hydrogens (tertiary/aromatic N) is 3. The highest BCUT2D eigenvalue weighted by Gasteiger charge is 2.39. The Hall–Kier alpha value is -2.53. The first-order valence-electron chi connectivity index (χ1n) is 12.4. The molecule has 1 amide bonds. The summed E-state index contributed by atoms with van der Waals surface area (Å²) in [6.45, 7) is 6.45. The van der Waals surface area contributed by atoms with Crippen molar-refractivity contribution >= 4 is 15.9 Å². The van der Waals surface area contributed by atoms with Gasteiger partial charge in [-0.2, -0.15) is 0 Å². The number of aliphatic hydroxyl groups excluding tert-OH is 1. The number of hydrogen-bond donors (Lipinski definition) is 2. The Bertz CT molecular complexity index is 1160. The number of pyridine rings is 1. The normalized spacial score (nSPS) is 22.8. The zero-order valence-electron chi connectivity index (χ0n) is 21.2. The van der Waals surface area contributed by atoms with Crippen molar-refractivity contribution in [2.45, 2.75) is 43.6 Å². The van der Waals surface area contributed by atoms with Gasteiger partial charge in [0.15, 0.2) is 0 Å². The molecule has 0 radical (unpaired) electrons. The summed E-state index contributed by atoms with van der Waals surface area (Å²) in [5, 5.41) is 10.5. The lowest BCUT2D eigenvalue weighted by atomic mass is 9.78. The number of β-amino-alcohol motifs (C(OH)–C–C–N with tert-alkyl or cyclic N) is 1. The number of rotatable bonds is 2. The SMILES string of the molecule is CC(C)c1ccc2c(c1)OCC1(CCN(C(=O)c3ccncc3)CC1)CN(C)CC(O)CNS2(=O)=O. The molecule has 2 aliphatic rings. The Balaban J connectivity index is 1.61. The van der Waals surface area contributed by atoms with Crippen LogP contribution in [-0.4, -0.2) is 86.7 Å². The average Bonchev–Trinajstić information content (AvgIpc) is 2.86. The maximum Gasteiger partial charge on any atom is 0.253 e. The van der Waals surface area contributed by atoms with Gasteiger partial charge >= 0.3 is 0 Å². The Kier molecular flexibility index (Phi) is 7.99. The summed E-state index contributed by atoms with van der Waals surface area (Å²) in [5.41, 5.74) is 1.30. The average molecular weight is 517 g/mol. The minimum Gasteiger partial charge on any atom is -0.492 e. The molecule has 36 heavy (non-hydrogen) atoms. The van der Waals surface area contributed by atoms with Crippen molar-refractivity contribution in [3.63, 3.8) is 0 Å². The van der Waals surface area contributed by atoms with Crippen molar-refractivity contribution in [2.24, 2.45) is 5.41 Å². The number of likely N-dealkylation sites (N-methyl/N-ethyl adjacent to an activating group) is 1. The number of likely N-dealkylation sites (tertiary alicyclic amines) is 1. The van der Waals surface area contributed by atoms with Crippen molar-refractivity contribution in [3.05, 3.63) is 53.9 Å². The fourth-order valence-electron chi connectivity index (χ4n) is 5.00. The van der Waals surface area contributed by atoms with Gasteiger partial charge in [0.2, 0.25) is 10.0 Å². The maximum absolute atomic E-state index is 13.1. The van der Waals surface area contributed by atoms with Crippen LogP contribution < -0.4 is 9.46 Å². The van der Waals surface area contributed by atoms with Crippen molar-refractivity contribution < 1.29 is 23.1 Å². The molecule has 9 nitrogen and oxygen atoms in total. The molecular weight excluding hydrogens is 480 g/mol. The van der Waals surface area contributed by atoms with Crippen LogP contribution in [-0.2, 0) is 10.0 Å². The second-order valence-corrected chi connectivity index (χ2v) is 12.1. The van der Waals surface area contributed by atoms with Gasteiger partial charge in [-0.3, -0.25) is 9.78 Å². The summed E-state index contributed by atoms with van der Waals surface area (Å²) in [7, 11) is -1.95. The number of piperidine rings is 1. The van der Waals surface area contributed by atoms with Gasteiger partial charge in [-0.25, -0.2) is 13.1 Å². The molecule has 1 fully saturated rings. The highest BCUT2D eigenvalue weighted by Crippen LogP contribution is 2.36. The van der Waals surface area contributed by atoms with E-state index in [-0.39, 0.29) is 28.7 Å². The van der Waals surface area contributed by atoms with Crippen LogP contribution in [0.3, 0.4) is 0 Å². The van der Waals surface area contributed by atoms with E-state index in [4.69, 9.17) is 4.74 Å². The largest absolute Gasteiger partial charge is 0.492 e. The number of nitrogens with one attached hydrogen (secondary N) is 1. The highest BCUT2D eigenvalue weighted by molar-refractivity contribution is 7.89. The molecule has 2 aromatic rings. The molecule has 1 aromatic carbocycles. The molecule has 4 rings (SSSR count). The zero-order chi connectivity index (χ0) is 25.9. The third kappa shape index (κ3) is 6.05. The maximum atomic E-state index is 13.1. The topological polar surface area (TPSA) is 112 Å². The zero-order valence-corrected chi connectivity index (χ0v) is 22.0. The fraction of sp³-hybridized carbons (Fsp3) is 0.538. The molecule has 10 heteroatoms. The molecule has 2 N–H and O–H groups in total. The molecule has 3 heterocycles. The van der Waals surface area contributed by atoms with E-state index in [0.717, 1.165) is 5.56 Å². The smallest absolute Gasteiger partial charge is 0.253 e. The number of sulfonamides is 1. The van der Waals surface area contributed by atoms with Crippen LogP contribution in [0.2, 0.25) is 0 Å². The molecule has 1 spiro atoms. The summed E-state index contributed by atoms with van der Waals surface area (Å²) in [5.74, 6) is 0.510. The second-order valence-electron chi connectivity index (χ2n) is 10.4. The summed E-state index contributed by atoms with van der Waals surface area (Å²) in [6, 6.07) is 8.64. The van der Waals surface area contributed by atoms with Gasteiger partial charge in [0, 0.05) is 56.1 Å². The lowest BCUT2D eigenvalue weighted by molar-refractivity contribution is 0.0159. The van der Waals surface area contributed by atoms with E-state index in [1.807, 2.05) is 30.7 Å². The first kappa shape index (κ1) is 26.5. The van der Waals surface area contributed by atoms with Gasteiger partial charge in [0.05, 0.1) is 12.7 Å². The van der Waals surface area contributed by atoms with E-state index in [1.165, 1.54) is 0 Å². The van der Waals surface area contributed by atoms with Gasteiger partial charge in [-0.05, 0) is 55.6 Å². The molecule has 1 saturated heterocycles. The number of fused-ring (bicyclic) bond motifs is 1. The van der Waals surface area contributed by atoms with E-state index in [2.05, 4.69) is 9.71 Å². The van der Waals surface area contributed by atoms with Crippen LogP contribution in [0.4, 0.5) is 0 Å². The number of benzene rings is 1. The van der Waals surface area contributed by atoms with Gasteiger partial charge < -0.3 is 19.6 Å². The van der Waals surface area contributed by atoms with Crippen LogP contribution >= 0.6 is 0 Å². The number of carbonyl (C=O) groups is 1. The van der Waals surface area contributed by atoms with Crippen molar-refractivity contribution in [1.82, 2.24) is 19.5 Å². The highest BCUT2D eigenvalue weighted by atomic mass is 32.2. The molecule has 2 aliphatic heterocycles. The Labute approximate surface area is 213 Å². The standard InChI is InChI=1S/C26H36N4O5S/c1-19(2)21-4-5-24-23(14-21)35-18-26(17-29(3)16-22(31)15-28-36(24,33)34)8-12-30(13-9-26)25(32)20-6-10-27-11-7-20/h4-7,10-11,14,19,22,28,31H,8-9,12-13,15-18H2,1-3H3. The number of ether oxygens (including phenoxy) is 1. The minimum atomic E-state index is -3.87. The van der Waals surface area contributed by atoms with Gasteiger partial charge in [0.25, 0.3) is 5.91 Å². The third-order valence-corrected chi connectivity index (χ3v) is 8.60. The van der Waals surface area contributed by atoms with Gasteiger partial charge in [0.1, 0.15) is 10.6 Å². The number of aromatic nitrogens is 1. The molecule has 1 atom stereocenters. The summed E-state index contributed by atoms with van der Waals surface area (Å²) in [4.78, 5) is 20.9. The summed E-state index contributed by atoms with van der Waals surface area (Å²) in [6.07, 6.45) is 3.79. The van der Waals surface area contributed by atoms with Crippen LogP contribution in [0.5, 0.6) is 5.75 Å². The van der Waals surface area contributed by atoms with Crippen LogP contribution in [0.15, 0.2) is 47.6 Å². The lowest BCUT2D eigenvalue weighted by Crippen LogP contribution is -2.51. The summed E-state index contributed by atoms with van der Waals surface area (Å²) < 4.78 is 35.0. The molecule has 196 valence electrons. The van der Waals surface area contributed by atoms with Crippen LogP contribution in [0, 0.1) is 5.41 Å². The quantitative estimate of drug-likeness (QED) is 0.629. The Morgan fingerprint density at radius 2 is 1.89 bits per heavy atom. The summed E-state index contributed by atoms with van der Waals surface area (Å²) >= 11 is 0.